The third-order valence-corrected chi connectivity index (χ3v) is 5.88. The first-order valence-electron chi connectivity index (χ1n) is 11.3. The number of nitriles is 1. The van der Waals surface area contributed by atoms with Crippen molar-refractivity contribution in [3.63, 3.8) is 0 Å². The molecule has 2 aromatic carbocycles. The average molecular weight is 459 g/mol. The summed E-state index contributed by atoms with van der Waals surface area (Å²) in [7, 11) is 1.62. The van der Waals surface area contributed by atoms with Gasteiger partial charge < -0.3 is 19.1 Å². The van der Waals surface area contributed by atoms with Crippen molar-refractivity contribution >= 4 is 5.78 Å². The molecule has 0 saturated heterocycles. The van der Waals surface area contributed by atoms with E-state index in [9.17, 15) is 14.9 Å². The van der Waals surface area contributed by atoms with Crippen LogP contribution in [0.5, 0.6) is 11.5 Å². The molecule has 0 unspecified atom stereocenters. The monoisotopic (exact) mass is 458 g/mol. The minimum Gasteiger partial charge on any atom is -0.486 e. The van der Waals surface area contributed by atoms with E-state index in [1.807, 2.05) is 24.3 Å². The maximum absolute atomic E-state index is 13.2. The lowest BCUT2D eigenvalue weighted by atomic mass is 9.92. The summed E-state index contributed by atoms with van der Waals surface area (Å²) in [6, 6.07) is 14.8. The summed E-state index contributed by atoms with van der Waals surface area (Å²) < 4.78 is 12.7. The van der Waals surface area contributed by atoms with Crippen LogP contribution in [0, 0.1) is 11.3 Å². The SMILES string of the molecule is Cn1cc(CCCCO)cc(C(=O)Cc2cccc(-c3ccc4c(c3)OCCO4)c2C#N)c1=O. The largest absolute Gasteiger partial charge is 0.486 e. The summed E-state index contributed by atoms with van der Waals surface area (Å²) in [6.07, 6.45) is 3.75. The van der Waals surface area contributed by atoms with Gasteiger partial charge in [-0.15, -0.1) is 0 Å². The number of carbonyl (C=O) groups is 1. The van der Waals surface area contributed by atoms with Crippen LogP contribution in [0.15, 0.2) is 53.5 Å². The molecular weight excluding hydrogens is 432 g/mol. The Morgan fingerprint density at radius 1 is 1.12 bits per heavy atom. The van der Waals surface area contributed by atoms with E-state index in [1.165, 1.54) is 4.57 Å². The number of aromatic nitrogens is 1. The molecule has 0 saturated carbocycles. The first-order chi connectivity index (χ1) is 16.5. The molecule has 3 aromatic rings. The normalized spacial score (nSPS) is 12.3. The van der Waals surface area contributed by atoms with Crippen LogP contribution >= 0.6 is 0 Å². The number of hydrogen-bond donors (Lipinski definition) is 1. The molecule has 174 valence electrons. The predicted molar refractivity (Wildman–Crippen MR) is 127 cm³/mol. The highest BCUT2D eigenvalue weighted by atomic mass is 16.6. The van der Waals surface area contributed by atoms with Crippen LogP contribution in [-0.4, -0.2) is 35.3 Å². The van der Waals surface area contributed by atoms with Crippen LogP contribution in [0.2, 0.25) is 0 Å². The molecule has 0 aliphatic carbocycles. The quantitative estimate of drug-likeness (QED) is 0.410. The molecule has 0 bridgehead atoms. The minimum atomic E-state index is -0.364. The van der Waals surface area contributed by atoms with E-state index in [0.29, 0.717) is 54.2 Å². The summed E-state index contributed by atoms with van der Waals surface area (Å²) in [4.78, 5) is 25.9. The zero-order valence-electron chi connectivity index (χ0n) is 19.0. The molecule has 1 aliphatic rings. The van der Waals surface area contributed by atoms with E-state index in [1.54, 1.807) is 31.4 Å². The van der Waals surface area contributed by atoms with Gasteiger partial charge >= 0.3 is 0 Å². The van der Waals surface area contributed by atoms with Gasteiger partial charge in [-0.3, -0.25) is 9.59 Å². The second-order valence-corrected chi connectivity index (χ2v) is 8.27. The molecule has 1 aliphatic heterocycles. The smallest absolute Gasteiger partial charge is 0.261 e. The maximum atomic E-state index is 13.2. The molecule has 7 heteroatoms. The van der Waals surface area contributed by atoms with Gasteiger partial charge in [0, 0.05) is 26.3 Å². The number of rotatable bonds is 8. The van der Waals surface area contributed by atoms with Crippen LogP contribution in [0.4, 0.5) is 0 Å². The zero-order chi connectivity index (χ0) is 24.1. The molecule has 0 amide bonds. The lowest BCUT2D eigenvalue weighted by Gasteiger charge is -2.19. The van der Waals surface area contributed by atoms with Gasteiger partial charge in [0.05, 0.1) is 11.1 Å². The fourth-order valence-electron chi connectivity index (χ4n) is 4.16. The molecule has 2 heterocycles. The Hall–Kier alpha value is -3.89. The second-order valence-electron chi connectivity index (χ2n) is 8.27. The molecular formula is C27H26N2O5. The number of fused-ring (bicyclic) bond motifs is 1. The summed E-state index contributed by atoms with van der Waals surface area (Å²) >= 11 is 0. The van der Waals surface area contributed by atoms with Gasteiger partial charge in [0.2, 0.25) is 0 Å². The van der Waals surface area contributed by atoms with Gasteiger partial charge in [-0.1, -0.05) is 24.3 Å². The average Bonchev–Trinajstić information content (AvgIpc) is 2.85. The molecule has 34 heavy (non-hydrogen) atoms. The van der Waals surface area contributed by atoms with Gasteiger partial charge in [-0.2, -0.15) is 5.26 Å². The molecule has 1 N–H and O–H groups in total. The Bertz CT molecular complexity index is 1320. The number of benzene rings is 2. The van der Waals surface area contributed by atoms with E-state index in [4.69, 9.17) is 14.6 Å². The summed E-state index contributed by atoms with van der Waals surface area (Å²) in [5, 5.41) is 19.0. The Morgan fingerprint density at radius 2 is 1.91 bits per heavy atom. The van der Waals surface area contributed by atoms with E-state index < -0.39 is 0 Å². The van der Waals surface area contributed by atoms with Crippen molar-refractivity contribution in [2.45, 2.75) is 25.7 Å². The molecule has 7 nitrogen and oxygen atoms in total. The van der Waals surface area contributed by atoms with Crippen LogP contribution in [0.3, 0.4) is 0 Å². The highest BCUT2D eigenvalue weighted by Crippen LogP contribution is 2.36. The second kappa shape index (κ2) is 10.4. The number of aliphatic hydroxyl groups excluding tert-OH is 1. The number of aliphatic hydroxyl groups is 1. The van der Waals surface area contributed by atoms with E-state index in [-0.39, 0.29) is 29.9 Å². The van der Waals surface area contributed by atoms with Crippen LogP contribution in [0.25, 0.3) is 11.1 Å². The third-order valence-electron chi connectivity index (χ3n) is 5.88. The number of carbonyl (C=O) groups excluding carboxylic acids is 1. The zero-order valence-corrected chi connectivity index (χ0v) is 19.0. The van der Waals surface area contributed by atoms with Crippen molar-refractivity contribution in [3.8, 4) is 28.7 Å². The lowest BCUT2D eigenvalue weighted by Crippen LogP contribution is -2.25. The first-order valence-corrected chi connectivity index (χ1v) is 11.3. The van der Waals surface area contributed by atoms with Crippen molar-refractivity contribution in [2.75, 3.05) is 19.8 Å². The summed E-state index contributed by atoms with van der Waals surface area (Å²) in [5.74, 6) is 0.950. The number of hydrogen-bond acceptors (Lipinski definition) is 6. The maximum Gasteiger partial charge on any atom is 0.261 e. The molecule has 0 fully saturated rings. The molecule has 0 radical (unpaired) electrons. The van der Waals surface area contributed by atoms with Crippen LogP contribution in [-0.2, 0) is 19.9 Å². The van der Waals surface area contributed by atoms with Gasteiger partial charge in [0.25, 0.3) is 5.56 Å². The van der Waals surface area contributed by atoms with Crippen molar-refractivity contribution < 1.29 is 19.4 Å². The number of Topliss-reactive ketones (excluding diaryl/α,β-unsaturated/α-hetero) is 1. The van der Waals surface area contributed by atoms with Gasteiger partial charge in [-0.05, 0) is 59.7 Å². The van der Waals surface area contributed by atoms with Crippen LogP contribution < -0.4 is 15.0 Å². The van der Waals surface area contributed by atoms with Gasteiger partial charge in [-0.25, -0.2) is 0 Å². The van der Waals surface area contributed by atoms with Crippen molar-refractivity contribution in [2.24, 2.45) is 7.05 Å². The lowest BCUT2D eigenvalue weighted by molar-refractivity contribution is 0.0991. The molecule has 0 atom stereocenters. The standard InChI is InChI=1S/C27H26N2O5/c1-29-17-18(5-2-3-10-30)13-22(27(29)32)24(31)14-19-6-4-7-21(23(19)16-28)20-8-9-25-26(15-20)34-12-11-33-25/h4,6-9,13,15,17,30H,2-3,5,10-12,14H2,1H3. The van der Waals surface area contributed by atoms with Crippen molar-refractivity contribution in [1.29, 1.82) is 5.26 Å². The molecule has 4 rings (SSSR count). The number of nitrogens with zero attached hydrogens (tertiary/aromatic N) is 2. The summed E-state index contributed by atoms with van der Waals surface area (Å²) in [6.45, 7) is 1.06. The van der Waals surface area contributed by atoms with Gasteiger partial charge in [0.1, 0.15) is 19.3 Å². The van der Waals surface area contributed by atoms with Gasteiger partial charge in [0.15, 0.2) is 17.3 Å². The fourth-order valence-corrected chi connectivity index (χ4v) is 4.16. The molecule has 1 aromatic heterocycles. The number of aryl methyl sites for hydroxylation is 2. The number of pyridine rings is 1. The highest BCUT2D eigenvalue weighted by Gasteiger charge is 2.19. The number of ether oxygens (including phenoxy) is 2. The van der Waals surface area contributed by atoms with Crippen molar-refractivity contribution in [3.05, 3.63) is 81.3 Å². The third kappa shape index (κ3) is 4.87. The van der Waals surface area contributed by atoms with E-state index in [2.05, 4.69) is 6.07 Å². The Labute approximate surface area is 197 Å². The minimum absolute atomic E-state index is 0.0589. The number of unbranched alkanes of at least 4 members (excludes halogenated alkanes) is 1. The predicted octanol–water partition coefficient (Wildman–Crippen LogP) is 3.44. The number of ketones is 1. The Kier molecular flexibility index (Phi) is 7.09. The van der Waals surface area contributed by atoms with E-state index in [0.717, 1.165) is 17.5 Å². The topological polar surface area (TPSA) is 102 Å². The first kappa shape index (κ1) is 23.3. The van der Waals surface area contributed by atoms with Crippen molar-refractivity contribution in [1.82, 2.24) is 4.57 Å². The summed E-state index contributed by atoms with van der Waals surface area (Å²) in [5.41, 5.74) is 3.04. The van der Waals surface area contributed by atoms with E-state index >= 15 is 0 Å². The molecule has 0 spiro atoms. The Balaban J connectivity index is 1.65. The Morgan fingerprint density at radius 3 is 2.68 bits per heavy atom. The van der Waals surface area contributed by atoms with Crippen LogP contribution in [0.1, 0.15) is 39.9 Å². The highest BCUT2D eigenvalue weighted by molar-refractivity contribution is 5.98. The fraction of sp³-hybridized carbons (Fsp3) is 0.296.